The van der Waals surface area contributed by atoms with Crippen LogP contribution >= 0.6 is 0 Å². The van der Waals surface area contributed by atoms with Crippen LogP contribution in [-0.2, 0) is 5.54 Å². The highest BCUT2D eigenvalue weighted by Crippen LogP contribution is 2.35. The van der Waals surface area contributed by atoms with E-state index < -0.39 is 28.9 Å². The van der Waals surface area contributed by atoms with Gasteiger partial charge in [0.05, 0.1) is 0 Å². The lowest BCUT2D eigenvalue weighted by molar-refractivity contribution is 0.380. The van der Waals surface area contributed by atoms with E-state index in [1.165, 1.54) is 24.3 Å². The predicted octanol–water partition coefficient (Wildman–Crippen LogP) is 3.02. The number of halogens is 3. The van der Waals surface area contributed by atoms with Gasteiger partial charge in [-0.1, -0.05) is 18.2 Å². The monoisotopic (exact) mass is 294 g/mol. The van der Waals surface area contributed by atoms with Crippen LogP contribution in [0.4, 0.5) is 13.2 Å². The third-order valence-corrected chi connectivity index (χ3v) is 3.74. The van der Waals surface area contributed by atoms with Gasteiger partial charge >= 0.3 is 0 Å². The largest absolute Gasteiger partial charge is 0.330 e. The average Bonchev–Trinajstić information content (AvgIpc) is 2.42. The van der Waals surface area contributed by atoms with E-state index in [4.69, 9.17) is 11.5 Å². The van der Waals surface area contributed by atoms with Crippen molar-refractivity contribution in [3.63, 3.8) is 0 Å². The maximum atomic E-state index is 14.0. The summed E-state index contributed by atoms with van der Waals surface area (Å²) in [6.07, 6.45) is 0. The molecule has 4 N–H and O–H groups in total. The Hall–Kier alpha value is -1.85. The third kappa shape index (κ3) is 3.09. The lowest BCUT2D eigenvalue weighted by Crippen LogP contribution is -2.43. The van der Waals surface area contributed by atoms with E-state index in [-0.39, 0.29) is 12.1 Å². The van der Waals surface area contributed by atoms with Crippen molar-refractivity contribution < 1.29 is 13.2 Å². The molecule has 0 heterocycles. The summed E-state index contributed by atoms with van der Waals surface area (Å²) < 4.78 is 40.4. The first-order valence-corrected chi connectivity index (χ1v) is 6.56. The summed E-state index contributed by atoms with van der Waals surface area (Å²) in [6.45, 7) is 1.70. The molecule has 112 valence electrons. The lowest BCUT2D eigenvalue weighted by atomic mass is 9.76. The molecule has 0 saturated carbocycles. The van der Waals surface area contributed by atoms with Gasteiger partial charge in [0.25, 0.3) is 0 Å². The second-order valence-corrected chi connectivity index (χ2v) is 5.25. The minimum absolute atomic E-state index is 0.0477. The van der Waals surface area contributed by atoms with Crippen LogP contribution in [0.1, 0.15) is 24.0 Å². The normalized spacial score (nSPS) is 15.5. The van der Waals surface area contributed by atoms with Gasteiger partial charge in [-0.3, -0.25) is 0 Å². The average molecular weight is 294 g/mol. The molecule has 2 unspecified atom stereocenters. The van der Waals surface area contributed by atoms with Gasteiger partial charge in [-0.2, -0.15) is 0 Å². The fraction of sp³-hybridized carbons (Fsp3) is 0.250. The van der Waals surface area contributed by atoms with Crippen LogP contribution in [0.15, 0.2) is 42.5 Å². The molecule has 0 aromatic heterocycles. The van der Waals surface area contributed by atoms with Crippen molar-refractivity contribution in [3.05, 3.63) is 71.0 Å². The summed E-state index contributed by atoms with van der Waals surface area (Å²) in [6, 6.07) is 9.06. The molecule has 0 aliphatic carbocycles. The molecule has 0 amide bonds. The molecule has 5 heteroatoms. The van der Waals surface area contributed by atoms with Crippen LogP contribution in [0.3, 0.4) is 0 Å². The predicted molar refractivity (Wildman–Crippen MR) is 76.1 cm³/mol. The summed E-state index contributed by atoms with van der Waals surface area (Å²) in [5.41, 5.74) is 11.7. The maximum absolute atomic E-state index is 14.0. The molecule has 0 bridgehead atoms. The number of benzene rings is 2. The Kier molecular flexibility index (Phi) is 4.34. The fourth-order valence-electron chi connectivity index (χ4n) is 2.50. The molecule has 2 atom stereocenters. The topological polar surface area (TPSA) is 52.0 Å². The zero-order chi connectivity index (χ0) is 15.6. The van der Waals surface area contributed by atoms with Gasteiger partial charge in [-0.25, -0.2) is 13.2 Å². The van der Waals surface area contributed by atoms with Gasteiger partial charge in [0.2, 0.25) is 0 Å². The Morgan fingerprint density at radius 3 is 2.29 bits per heavy atom. The molecule has 0 radical (unpaired) electrons. The lowest BCUT2D eigenvalue weighted by Gasteiger charge is -2.34. The summed E-state index contributed by atoms with van der Waals surface area (Å²) in [5, 5.41) is 0. The van der Waals surface area contributed by atoms with Crippen molar-refractivity contribution in [1.82, 2.24) is 0 Å². The Labute approximate surface area is 121 Å². The molecule has 21 heavy (non-hydrogen) atoms. The Morgan fingerprint density at radius 1 is 1.05 bits per heavy atom. The van der Waals surface area contributed by atoms with E-state index in [0.29, 0.717) is 5.56 Å². The Balaban J connectivity index is 2.48. The molecule has 0 spiro atoms. The van der Waals surface area contributed by atoms with Gasteiger partial charge in [-0.05, 0) is 36.2 Å². The number of hydrogen-bond donors (Lipinski definition) is 2. The zero-order valence-corrected chi connectivity index (χ0v) is 11.6. The van der Waals surface area contributed by atoms with Gasteiger partial charge in [-0.15, -0.1) is 0 Å². The van der Waals surface area contributed by atoms with Crippen molar-refractivity contribution in [2.75, 3.05) is 6.54 Å². The first-order valence-electron chi connectivity index (χ1n) is 6.56. The highest BCUT2D eigenvalue weighted by molar-refractivity contribution is 5.33. The van der Waals surface area contributed by atoms with Crippen molar-refractivity contribution in [2.45, 2.75) is 18.4 Å². The standard InChI is InChI=1S/C16H17F3N2/c1-16(21,10-3-2-4-11(17)7-10)14(9-20)13-6-5-12(18)8-15(13)19/h2-8,14H,9,20-21H2,1H3. The third-order valence-electron chi connectivity index (χ3n) is 3.74. The van der Waals surface area contributed by atoms with E-state index in [0.717, 1.165) is 12.1 Å². The minimum Gasteiger partial charge on any atom is -0.330 e. The molecule has 0 aliphatic rings. The second kappa shape index (κ2) is 5.87. The molecular formula is C16H17F3N2. The zero-order valence-electron chi connectivity index (χ0n) is 11.6. The van der Waals surface area contributed by atoms with Crippen LogP contribution in [0.5, 0.6) is 0 Å². The first-order chi connectivity index (χ1) is 9.86. The van der Waals surface area contributed by atoms with Gasteiger partial charge in [0, 0.05) is 24.1 Å². The Bertz CT molecular complexity index is 641. The summed E-state index contributed by atoms with van der Waals surface area (Å²) >= 11 is 0. The van der Waals surface area contributed by atoms with Crippen LogP contribution < -0.4 is 11.5 Å². The summed E-state index contributed by atoms with van der Waals surface area (Å²) in [5.74, 6) is -2.42. The smallest absolute Gasteiger partial charge is 0.129 e. The molecular weight excluding hydrogens is 277 g/mol. The van der Waals surface area contributed by atoms with Crippen LogP contribution in [-0.4, -0.2) is 6.54 Å². The number of nitrogens with two attached hydrogens (primary N) is 2. The molecule has 2 nitrogen and oxygen atoms in total. The van der Waals surface area contributed by atoms with Crippen LogP contribution in [0.25, 0.3) is 0 Å². The Morgan fingerprint density at radius 2 is 1.71 bits per heavy atom. The number of rotatable bonds is 4. The highest BCUT2D eigenvalue weighted by atomic mass is 19.1. The van der Waals surface area contributed by atoms with Gasteiger partial charge in [0.1, 0.15) is 17.5 Å². The molecule has 2 rings (SSSR count). The van der Waals surface area contributed by atoms with Crippen molar-refractivity contribution >= 4 is 0 Å². The van der Waals surface area contributed by atoms with Crippen LogP contribution in [0.2, 0.25) is 0 Å². The molecule has 2 aromatic rings. The molecule has 0 fully saturated rings. The second-order valence-electron chi connectivity index (χ2n) is 5.25. The first kappa shape index (κ1) is 15.5. The summed E-state index contributed by atoms with van der Waals surface area (Å²) in [7, 11) is 0. The van der Waals surface area contributed by atoms with E-state index in [1.54, 1.807) is 13.0 Å². The van der Waals surface area contributed by atoms with Gasteiger partial charge in [0.15, 0.2) is 0 Å². The fourth-order valence-corrected chi connectivity index (χ4v) is 2.50. The van der Waals surface area contributed by atoms with Crippen molar-refractivity contribution in [1.29, 1.82) is 0 Å². The molecule has 2 aromatic carbocycles. The maximum Gasteiger partial charge on any atom is 0.129 e. The SMILES string of the molecule is CC(N)(c1cccc(F)c1)C(CN)c1ccc(F)cc1F. The van der Waals surface area contributed by atoms with E-state index in [2.05, 4.69) is 0 Å². The molecule has 0 aliphatic heterocycles. The molecule has 0 saturated heterocycles. The van der Waals surface area contributed by atoms with E-state index >= 15 is 0 Å². The minimum atomic E-state index is -1.09. The quantitative estimate of drug-likeness (QED) is 0.910. The van der Waals surface area contributed by atoms with Crippen molar-refractivity contribution in [2.24, 2.45) is 11.5 Å². The number of hydrogen-bond acceptors (Lipinski definition) is 2. The van der Waals surface area contributed by atoms with Crippen molar-refractivity contribution in [3.8, 4) is 0 Å². The highest BCUT2D eigenvalue weighted by Gasteiger charge is 2.34. The van der Waals surface area contributed by atoms with Gasteiger partial charge < -0.3 is 11.5 Å². The van der Waals surface area contributed by atoms with E-state index in [1.807, 2.05) is 0 Å². The van der Waals surface area contributed by atoms with E-state index in [9.17, 15) is 13.2 Å². The van der Waals surface area contributed by atoms with Crippen LogP contribution in [0, 0.1) is 17.5 Å². The summed E-state index contributed by atoms with van der Waals surface area (Å²) in [4.78, 5) is 0.